The Hall–Kier alpha value is -0.733. The van der Waals surface area contributed by atoms with Gasteiger partial charge in [-0.15, -0.1) is 0 Å². The normalized spacial score (nSPS) is 35.4. The van der Waals surface area contributed by atoms with Gasteiger partial charge in [-0.1, -0.05) is 32.1 Å². The van der Waals surface area contributed by atoms with Gasteiger partial charge in [-0.2, -0.15) is 6.00 Å². The Bertz CT molecular complexity index is 416. The Morgan fingerprint density at radius 3 is 2.67 bits per heavy atom. The molecule has 3 atom stereocenters. The third kappa shape index (κ3) is 3.73. The van der Waals surface area contributed by atoms with E-state index in [4.69, 9.17) is 11.7 Å². The molecule has 0 spiro atoms. The topological polar surface area (TPSA) is 41.6 Å². The first-order valence-electron chi connectivity index (χ1n) is 8.79. The van der Waals surface area contributed by atoms with Gasteiger partial charge in [-0.3, -0.25) is 4.99 Å². The SMILES string of the molecule is C#[Si]C1CN=C(N)N1CCCCC1CC2CCCC(C1)C2. The van der Waals surface area contributed by atoms with E-state index in [1.54, 1.807) is 0 Å². The number of aliphatic imine (C=N–C) groups is 1. The summed E-state index contributed by atoms with van der Waals surface area (Å²) in [6.45, 7) is 1.84. The fraction of sp³-hybridized carbons (Fsp3) is 0.882. The van der Waals surface area contributed by atoms with Gasteiger partial charge in [0.15, 0.2) is 5.96 Å². The Kier molecular flexibility index (Phi) is 5.07. The smallest absolute Gasteiger partial charge is 0.192 e. The number of guanidine groups is 1. The fourth-order valence-corrected chi connectivity index (χ4v) is 5.40. The molecular weight excluding hydrogens is 274 g/mol. The van der Waals surface area contributed by atoms with Gasteiger partial charge >= 0.3 is 0 Å². The average molecular weight is 304 g/mol. The lowest BCUT2D eigenvalue weighted by atomic mass is 9.67. The van der Waals surface area contributed by atoms with Crippen LogP contribution in [0.15, 0.2) is 4.99 Å². The molecule has 2 N–H and O–H groups in total. The molecule has 3 unspecified atom stereocenters. The van der Waals surface area contributed by atoms with E-state index in [0.29, 0.717) is 20.6 Å². The van der Waals surface area contributed by atoms with Crippen molar-refractivity contribution in [2.45, 2.75) is 63.5 Å². The third-order valence-corrected chi connectivity index (χ3v) is 6.65. The highest BCUT2D eigenvalue weighted by molar-refractivity contribution is 6.25. The molecular formula is C17H29N3Si. The number of unbranched alkanes of at least 4 members (excludes halogenated alkanes) is 1. The second-order valence-corrected chi connectivity index (χ2v) is 8.31. The molecule has 3 aliphatic rings. The van der Waals surface area contributed by atoms with Gasteiger partial charge in [-0.05, 0) is 43.4 Å². The Labute approximate surface area is 131 Å². The lowest BCUT2D eigenvalue weighted by Gasteiger charge is -2.39. The molecule has 1 heterocycles. The van der Waals surface area contributed by atoms with Crippen LogP contribution in [0, 0.1) is 23.8 Å². The molecule has 3 rings (SSSR count). The van der Waals surface area contributed by atoms with E-state index in [1.165, 1.54) is 57.8 Å². The third-order valence-electron chi connectivity index (χ3n) is 5.78. The largest absolute Gasteiger partial charge is 0.370 e. The number of rotatable bonds is 5. The minimum atomic E-state index is 0.374. The van der Waals surface area contributed by atoms with E-state index in [9.17, 15) is 0 Å². The van der Waals surface area contributed by atoms with Gasteiger partial charge < -0.3 is 10.6 Å². The highest BCUT2D eigenvalue weighted by Crippen LogP contribution is 2.43. The van der Waals surface area contributed by atoms with Crippen molar-refractivity contribution in [3.63, 3.8) is 0 Å². The standard InChI is InChI=1S/C17H29N3Si/c1-21-16-12-19-17(18)20(16)8-3-2-5-13-9-14-6-4-7-15(10-13)11-14/h1,13-16H,2-12H2,(H2,18,19). The first-order valence-corrected chi connectivity index (χ1v) is 9.94. The number of nitrogens with two attached hydrogens (primary N) is 1. The first kappa shape index (κ1) is 15.2. The summed E-state index contributed by atoms with van der Waals surface area (Å²) in [5.41, 5.74) is 6.33. The zero-order chi connectivity index (χ0) is 14.7. The van der Waals surface area contributed by atoms with Crippen molar-refractivity contribution in [1.29, 1.82) is 0 Å². The minimum Gasteiger partial charge on any atom is -0.370 e. The molecule has 2 fully saturated rings. The van der Waals surface area contributed by atoms with Crippen LogP contribution in [0.2, 0.25) is 0 Å². The summed E-state index contributed by atoms with van der Waals surface area (Å²) in [6.07, 6.45) is 13.1. The molecule has 0 amide bonds. The van der Waals surface area contributed by atoms with Gasteiger partial charge in [-0.25, -0.2) is 0 Å². The van der Waals surface area contributed by atoms with Crippen LogP contribution in [0.25, 0.3) is 0 Å². The molecule has 4 heteroatoms. The molecule has 0 saturated heterocycles. The van der Waals surface area contributed by atoms with Crippen molar-refractivity contribution < 1.29 is 0 Å². The monoisotopic (exact) mass is 303 g/mol. The minimum absolute atomic E-state index is 0.374. The quantitative estimate of drug-likeness (QED) is 0.626. The van der Waals surface area contributed by atoms with Crippen molar-refractivity contribution in [1.82, 2.24) is 4.90 Å². The van der Waals surface area contributed by atoms with Crippen LogP contribution in [0.4, 0.5) is 0 Å². The molecule has 116 valence electrons. The van der Waals surface area contributed by atoms with Gasteiger partial charge in [0, 0.05) is 15.5 Å². The van der Waals surface area contributed by atoms with Crippen LogP contribution >= 0.6 is 0 Å². The number of fused-ring (bicyclic) bond motifs is 2. The summed E-state index contributed by atoms with van der Waals surface area (Å²) in [4.78, 5) is 6.55. The molecule has 0 aromatic carbocycles. The molecule has 2 saturated carbocycles. The lowest BCUT2D eigenvalue weighted by molar-refractivity contribution is 0.130. The summed E-state index contributed by atoms with van der Waals surface area (Å²) in [7, 11) is 0.426. The molecule has 21 heavy (non-hydrogen) atoms. The average Bonchev–Trinajstić information content (AvgIpc) is 2.84. The van der Waals surface area contributed by atoms with Crippen molar-refractivity contribution in [3.8, 4) is 6.00 Å². The molecule has 2 bridgehead atoms. The van der Waals surface area contributed by atoms with Crippen molar-refractivity contribution >= 4 is 14.9 Å². The molecule has 0 radical (unpaired) electrons. The number of nitrogens with zero attached hydrogens (tertiary/aromatic N) is 2. The highest BCUT2D eigenvalue weighted by atomic mass is 28.2. The summed E-state index contributed by atoms with van der Waals surface area (Å²) in [5, 5.41) is 0. The molecule has 1 aliphatic heterocycles. The predicted molar refractivity (Wildman–Crippen MR) is 89.7 cm³/mol. The Balaban J connectivity index is 1.37. The van der Waals surface area contributed by atoms with Crippen LogP contribution in [-0.4, -0.2) is 38.6 Å². The van der Waals surface area contributed by atoms with Crippen LogP contribution in [0.1, 0.15) is 57.8 Å². The molecule has 3 nitrogen and oxygen atoms in total. The lowest BCUT2D eigenvalue weighted by Crippen LogP contribution is -2.42. The van der Waals surface area contributed by atoms with Crippen molar-refractivity contribution in [2.75, 3.05) is 13.1 Å². The van der Waals surface area contributed by atoms with Gasteiger partial charge in [0.05, 0.1) is 12.2 Å². The predicted octanol–water partition coefficient (Wildman–Crippen LogP) is 2.62. The molecule has 0 aromatic rings. The zero-order valence-electron chi connectivity index (χ0n) is 13.1. The van der Waals surface area contributed by atoms with Crippen molar-refractivity contribution in [3.05, 3.63) is 0 Å². The maximum absolute atomic E-state index is 5.96. The number of hydrogen-bond donors (Lipinski definition) is 1. The fourth-order valence-electron chi connectivity index (χ4n) is 4.76. The Morgan fingerprint density at radius 2 is 1.95 bits per heavy atom. The van der Waals surface area contributed by atoms with E-state index in [1.807, 2.05) is 0 Å². The van der Waals surface area contributed by atoms with Gasteiger partial charge in [0.2, 0.25) is 0 Å². The maximum Gasteiger partial charge on any atom is 0.192 e. The van der Waals surface area contributed by atoms with Crippen molar-refractivity contribution in [2.24, 2.45) is 28.5 Å². The maximum atomic E-state index is 5.96. The van der Waals surface area contributed by atoms with Crippen LogP contribution in [0.5, 0.6) is 0 Å². The number of hydrogen-bond acceptors (Lipinski definition) is 3. The van der Waals surface area contributed by atoms with E-state index < -0.39 is 0 Å². The van der Waals surface area contributed by atoms with Gasteiger partial charge in [0.1, 0.15) is 0 Å². The van der Waals surface area contributed by atoms with Gasteiger partial charge in [0.25, 0.3) is 0 Å². The second kappa shape index (κ2) is 7.02. The summed E-state index contributed by atoms with van der Waals surface area (Å²) >= 11 is 0. The van der Waals surface area contributed by atoms with E-state index in [-0.39, 0.29) is 0 Å². The van der Waals surface area contributed by atoms with E-state index in [2.05, 4.69) is 9.89 Å². The highest BCUT2D eigenvalue weighted by Gasteiger charge is 2.31. The van der Waals surface area contributed by atoms with Crippen LogP contribution in [-0.2, 0) is 0 Å². The first-order chi connectivity index (χ1) is 10.3. The summed E-state index contributed by atoms with van der Waals surface area (Å²) < 4.78 is 0. The Morgan fingerprint density at radius 1 is 1.19 bits per heavy atom. The van der Waals surface area contributed by atoms with Crippen LogP contribution < -0.4 is 5.73 Å². The van der Waals surface area contributed by atoms with E-state index in [0.717, 1.165) is 30.8 Å². The van der Waals surface area contributed by atoms with Crippen LogP contribution in [0.3, 0.4) is 0 Å². The molecule has 2 aliphatic carbocycles. The molecule has 0 aromatic heterocycles. The summed E-state index contributed by atoms with van der Waals surface area (Å²) in [5.74, 6) is 3.84. The summed E-state index contributed by atoms with van der Waals surface area (Å²) in [6, 6.07) is 5.82. The van der Waals surface area contributed by atoms with E-state index >= 15 is 0 Å². The zero-order valence-corrected chi connectivity index (χ0v) is 14.1. The second-order valence-electron chi connectivity index (χ2n) is 7.31.